The number of carbonyl (C=O) groups excluding carboxylic acids is 2. The fourth-order valence-electron chi connectivity index (χ4n) is 2.43. The molecule has 0 aromatic rings. The highest BCUT2D eigenvalue weighted by molar-refractivity contribution is 5.83. The predicted octanol–water partition coefficient (Wildman–Crippen LogP) is 0.679. The summed E-state index contributed by atoms with van der Waals surface area (Å²) in [4.78, 5) is 35.4. The number of nitrogens with two attached hydrogens (primary N) is 1. The summed E-state index contributed by atoms with van der Waals surface area (Å²) in [7, 11) is 1.68. The Morgan fingerprint density at radius 1 is 1.30 bits per heavy atom. The molecular weight excluding hydrogens is 262 g/mol. The number of hydrogen-bond donors (Lipinski definition) is 3. The molecule has 1 fully saturated rings. The number of hydrogen-bond acceptors (Lipinski definition) is 3. The van der Waals surface area contributed by atoms with Crippen LogP contribution >= 0.6 is 0 Å². The van der Waals surface area contributed by atoms with Gasteiger partial charge in [0.25, 0.3) is 0 Å². The van der Waals surface area contributed by atoms with Gasteiger partial charge in [-0.25, -0.2) is 9.59 Å². The zero-order chi connectivity index (χ0) is 15.1. The Balaban J connectivity index is 2.51. The minimum absolute atomic E-state index is 0.00884. The van der Waals surface area contributed by atoms with Crippen LogP contribution in [-0.4, -0.2) is 47.0 Å². The Morgan fingerprint density at radius 3 is 2.40 bits per heavy atom. The van der Waals surface area contributed by atoms with Gasteiger partial charge >= 0.3 is 12.0 Å². The Morgan fingerprint density at radius 2 is 1.90 bits per heavy atom. The molecule has 20 heavy (non-hydrogen) atoms. The molecule has 0 saturated heterocycles. The number of amides is 3. The molecule has 1 atom stereocenters. The molecule has 1 saturated carbocycles. The maximum absolute atomic E-state index is 12.0. The molecular formula is C13H23N3O4. The van der Waals surface area contributed by atoms with Crippen LogP contribution in [0.5, 0.6) is 0 Å². The van der Waals surface area contributed by atoms with Crippen molar-refractivity contribution in [2.45, 2.75) is 57.0 Å². The maximum atomic E-state index is 12.0. The molecule has 114 valence electrons. The minimum Gasteiger partial charge on any atom is -0.480 e. The summed E-state index contributed by atoms with van der Waals surface area (Å²) >= 11 is 0. The first-order valence-electron chi connectivity index (χ1n) is 6.96. The normalized spacial score (nSPS) is 17.2. The summed E-state index contributed by atoms with van der Waals surface area (Å²) in [5, 5.41) is 11.5. The lowest BCUT2D eigenvalue weighted by molar-refractivity contribution is -0.139. The van der Waals surface area contributed by atoms with Crippen LogP contribution in [-0.2, 0) is 9.59 Å². The monoisotopic (exact) mass is 285 g/mol. The SMILES string of the molecule is CN(C(=O)N[C@@H](CCC(N)=O)C(=O)O)C1CCCCC1. The van der Waals surface area contributed by atoms with Gasteiger partial charge in [0.15, 0.2) is 0 Å². The average Bonchev–Trinajstić information content (AvgIpc) is 2.42. The third-order valence-electron chi connectivity index (χ3n) is 3.72. The quantitative estimate of drug-likeness (QED) is 0.666. The number of carbonyl (C=O) groups is 3. The Labute approximate surface area is 118 Å². The van der Waals surface area contributed by atoms with Crippen LogP contribution in [0.3, 0.4) is 0 Å². The molecule has 0 unspecified atom stereocenters. The zero-order valence-electron chi connectivity index (χ0n) is 11.8. The van der Waals surface area contributed by atoms with Gasteiger partial charge < -0.3 is 21.1 Å². The summed E-state index contributed by atoms with van der Waals surface area (Å²) < 4.78 is 0. The summed E-state index contributed by atoms with van der Waals surface area (Å²) in [5.74, 6) is -1.73. The van der Waals surface area contributed by atoms with E-state index in [1.54, 1.807) is 11.9 Å². The number of rotatable bonds is 6. The summed E-state index contributed by atoms with van der Waals surface area (Å²) in [6.07, 6.45) is 5.20. The second-order valence-corrected chi connectivity index (χ2v) is 5.25. The molecule has 7 nitrogen and oxygen atoms in total. The molecule has 0 radical (unpaired) electrons. The van der Waals surface area contributed by atoms with Crippen LogP contribution in [0.25, 0.3) is 0 Å². The van der Waals surface area contributed by atoms with E-state index in [1.165, 1.54) is 6.42 Å². The van der Waals surface area contributed by atoms with Crippen LogP contribution in [0.1, 0.15) is 44.9 Å². The molecule has 0 aromatic carbocycles. The van der Waals surface area contributed by atoms with E-state index in [0.717, 1.165) is 25.7 Å². The summed E-state index contributed by atoms with van der Waals surface area (Å²) in [5.41, 5.74) is 4.99. The predicted molar refractivity (Wildman–Crippen MR) is 73.0 cm³/mol. The maximum Gasteiger partial charge on any atom is 0.326 e. The molecule has 0 heterocycles. The average molecular weight is 285 g/mol. The van der Waals surface area contributed by atoms with Crippen LogP contribution in [0, 0.1) is 0 Å². The van der Waals surface area contributed by atoms with Crippen molar-refractivity contribution in [2.24, 2.45) is 5.73 Å². The van der Waals surface area contributed by atoms with E-state index in [2.05, 4.69) is 5.32 Å². The van der Waals surface area contributed by atoms with E-state index in [1.807, 2.05) is 0 Å². The van der Waals surface area contributed by atoms with Crippen molar-refractivity contribution >= 4 is 17.9 Å². The number of nitrogens with zero attached hydrogens (tertiary/aromatic N) is 1. The van der Waals surface area contributed by atoms with Gasteiger partial charge in [0.1, 0.15) is 6.04 Å². The van der Waals surface area contributed by atoms with E-state index >= 15 is 0 Å². The molecule has 1 aliphatic carbocycles. The van der Waals surface area contributed by atoms with Crippen molar-refractivity contribution in [3.63, 3.8) is 0 Å². The highest BCUT2D eigenvalue weighted by Gasteiger charge is 2.26. The van der Waals surface area contributed by atoms with E-state index < -0.39 is 23.9 Å². The van der Waals surface area contributed by atoms with Gasteiger partial charge in [-0.3, -0.25) is 4.79 Å². The van der Waals surface area contributed by atoms with Crippen molar-refractivity contribution in [1.29, 1.82) is 0 Å². The van der Waals surface area contributed by atoms with Gasteiger partial charge in [0.2, 0.25) is 5.91 Å². The lowest BCUT2D eigenvalue weighted by Crippen LogP contribution is -2.50. The van der Waals surface area contributed by atoms with Crippen LogP contribution < -0.4 is 11.1 Å². The van der Waals surface area contributed by atoms with E-state index in [4.69, 9.17) is 10.8 Å². The fraction of sp³-hybridized carbons (Fsp3) is 0.769. The number of urea groups is 1. The van der Waals surface area contributed by atoms with Crippen molar-refractivity contribution in [1.82, 2.24) is 10.2 Å². The van der Waals surface area contributed by atoms with Crippen molar-refractivity contribution < 1.29 is 19.5 Å². The van der Waals surface area contributed by atoms with Crippen LogP contribution in [0.15, 0.2) is 0 Å². The smallest absolute Gasteiger partial charge is 0.326 e. The third kappa shape index (κ3) is 5.07. The van der Waals surface area contributed by atoms with E-state index in [9.17, 15) is 14.4 Å². The molecule has 7 heteroatoms. The summed E-state index contributed by atoms with van der Waals surface area (Å²) in [6.45, 7) is 0. The third-order valence-corrected chi connectivity index (χ3v) is 3.72. The second kappa shape index (κ2) is 7.72. The lowest BCUT2D eigenvalue weighted by Gasteiger charge is -2.32. The van der Waals surface area contributed by atoms with Gasteiger partial charge in [0.05, 0.1) is 0 Å². The fourth-order valence-corrected chi connectivity index (χ4v) is 2.43. The van der Waals surface area contributed by atoms with E-state index in [0.29, 0.717) is 0 Å². The molecule has 0 spiro atoms. The molecule has 1 rings (SSSR count). The van der Waals surface area contributed by atoms with Crippen molar-refractivity contribution in [3.05, 3.63) is 0 Å². The van der Waals surface area contributed by atoms with Crippen molar-refractivity contribution in [3.8, 4) is 0 Å². The van der Waals surface area contributed by atoms with Gasteiger partial charge in [0, 0.05) is 19.5 Å². The number of carboxylic acids is 1. The van der Waals surface area contributed by atoms with Crippen molar-refractivity contribution in [2.75, 3.05) is 7.05 Å². The largest absolute Gasteiger partial charge is 0.480 e. The Hall–Kier alpha value is -1.79. The number of primary amides is 1. The molecule has 0 bridgehead atoms. The topological polar surface area (TPSA) is 113 Å². The molecule has 0 aliphatic heterocycles. The lowest BCUT2D eigenvalue weighted by atomic mass is 9.95. The molecule has 3 amide bonds. The van der Waals surface area contributed by atoms with Crippen LogP contribution in [0.4, 0.5) is 4.79 Å². The number of nitrogens with one attached hydrogen (secondary N) is 1. The van der Waals surface area contributed by atoms with Crippen LogP contribution in [0.2, 0.25) is 0 Å². The summed E-state index contributed by atoms with van der Waals surface area (Å²) in [6, 6.07) is -1.33. The minimum atomic E-state index is -1.16. The van der Waals surface area contributed by atoms with E-state index in [-0.39, 0.29) is 18.9 Å². The standard InChI is InChI=1S/C13H23N3O4/c1-16(9-5-3-2-4-6-9)13(20)15-10(12(18)19)7-8-11(14)17/h9-10H,2-8H2,1H3,(H2,14,17)(H,15,20)(H,18,19)/t10-/m0/s1. The first kappa shape index (κ1) is 16.3. The van der Waals surface area contributed by atoms with Gasteiger partial charge in [-0.05, 0) is 19.3 Å². The Bertz CT molecular complexity index is 367. The number of carboxylic acid groups (broad SMARTS) is 1. The number of aliphatic carboxylic acids is 1. The van der Waals surface area contributed by atoms with Gasteiger partial charge in [-0.2, -0.15) is 0 Å². The van der Waals surface area contributed by atoms with Gasteiger partial charge in [-0.15, -0.1) is 0 Å². The zero-order valence-corrected chi connectivity index (χ0v) is 11.8. The molecule has 1 aliphatic rings. The second-order valence-electron chi connectivity index (χ2n) is 5.25. The molecule has 0 aromatic heterocycles. The first-order chi connectivity index (χ1) is 9.41. The highest BCUT2D eigenvalue weighted by Crippen LogP contribution is 2.21. The highest BCUT2D eigenvalue weighted by atomic mass is 16.4. The first-order valence-corrected chi connectivity index (χ1v) is 6.96. The Kier molecular flexibility index (Phi) is 6.27. The molecule has 4 N–H and O–H groups in total. The van der Waals surface area contributed by atoms with Gasteiger partial charge in [-0.1, -0.05) is 19.3 Å².